The number of nitrogens with zero attached hydrogens (tertiary/aromatic N) is 2. The summed E-state index contributed by atoms with van der Waals surface area (Å²) in [5, 5.41) is 1.90. The van der Waals surface area contributed by atoms with Gasteiger partial charge in [-0.1, -0.05) is 12.1 Å². The van der Waals surface area contributed by atoms with E-state index in [-0.39, 0.29) is 10.8 Å². The topological polar surface area (TPSA) is 79.0 Å². The fraction of sp³-hybridized carbons (Fsp3) is 0.421. The highest BCUT2D eigenvalue weighted by Gasteiger charge is 2.23. The van der Waals surface area contributed by atoms with Gasteiger partial charge in [-0.3, -0.25) is 9.69 Å². The lowest BCUT2D eigenvalue weighted by atomic mass is 10.2. The number of aryl methyl sites for hydroxylation is 1. The highest BCUT2D eigenvalue weighted by atomic mass is 32.2. The molecular weight excluding hydrogens is 398 g/mol. The lowest BCUT2D eigenvalue weighted by Gasteiger charge is -2.34. The van der Waals surface area contributed by atoms with E-state index in [1.54, 1.807) is 12.1 Å². The number of methoxy groups -OCH3 is 1. The Labute approximate surface area is 170 Å². The molecule has 2 aromatic rings. The Hall–Kier alpha value is -1.94. The average molecular weight is 424 g/mol. The number of ether oxygens (including phenoxy) is 1. The number of hydrogen-bond acceptors (Lipinski definition) is 6. The summed E-state index contributed by atoms with van der Waals surface area (Å²) in [7, 11) is -2.19. The molecule has 1 aromatic heterocycles. The molecule has 3 rings (SSSR count). The van der Waals surface area contributed by atoms with Crippen LogP contribution in [-0.4, -0.2) is 70.5 Å². The third kappa shape index (κ3) is 4.91. The molecule has 2 heterocycles. The van der Waals surface area contributed by atoms with E-state index in [0.29, 0.717) is 31.9 Å². The maximum Gasteiger partial charge on any atom is 0.264 e. The van der Waals surface area contributed by atoms with Crippen LogP contribution < -0.4 is 9.46 Å². The predicted octanol–water partition coefficient (Wildman–Crippen LogP) is 1.80. The van der Waals surface area contributed by atoms with Gasteiger partial charge in [-0.2, -0.15) is 0 Å². The van der Waals surface area contributed by atoms with Crippen molar-refractivity contribution in [2.75, 3.05) is 46.4 Å². The van der Waals surface area contributed by atoms with E-state index in [0.717, 1.165) is 23.5 Å². The van der Waals surface area contributed by atoms with E-state index in [1.807, 2.05) is 35.4 Å². The summed E-state index contributed by atoms with van der Waals surface area (Å²) in [5.41, 5.74) is 0.854. The lowest BCUT2D eigenvalue weighted by molar-refractivity contribution is 0.0645. The molecule has 28 heavy (non-hydrogen) atoms. The zero-order valence-electron chi connectivity index (χ0n) is 16.1. The van der Waals surface area contributed by atoms with Gasteiger partial charge in [0.15, 0.2) is 0 Å². The third-order valence-electron chi connectivity index (χ3n) is 4.72. The minimum absolute atomic E-state index is 0.0712. The van der Waals surface area contributed by atoms with Crippen LogP contribution in [0.3, 0.4) is 0 Å². The van der Waals surface area contributed by atoms with E-state index in [4.69, 9.17) is 4.74 Å². The number of amides is 1. The SMILES string of the molecule is COc1ccc(C)cc1S(=O)(=O)NCCN1CCN(C(=O)c2cccs2)CC1. The molecule has 1 aromatic carbocycles. The summed E-state index contributed by atoms with van der Waals surface area (Å²) in [6.07, 6.45) is 0. The molecule has 1 aliphatic rings. The van der Waals surface area contributed by atoms with Gasteiger partial charge in [-0.05, 0) is 36.1 Å². The molecule has 0 saturated carbocycles. The van der Waals surface area contributed by atoms with Crippen LogP contribution in [0.5, 0.6) is 5.75 Å². The molecule has 0 bridgehead atoms. The van der Waals surface area contributed by atoms with Crippen molar-refractivity contribution in [3.8, 4) is 5.75 Å². The molecule has 7 nitrogen and oxygen atoms in total. The van der Waals surface area contributed by atoms with Crippen molar-refractivity contribution >= 4 is 27.3 Å². The molecule has 1 amide bonds. The first-order valence-electron chi connectivity index (χ1n) is 9.10. The third-order valence-corrected chi connectivity index (χ3v) is 7.06. The van der Waals surface area contributed by atoms with Crippen molar-refractivity contribution in [3.05, 3.63) is 46.2 Å². The van der Waals surface area contributed by atoms with Crippen LogP contribution in [0.2, 0.25) is 0 Å². The van der Waals surface area contributed by atoms with Gasteiger partial charge in [0.1, 0.15) is 10.6 Å². The molecule has 0 unspecified atom stereocenters. The number of piperazine rings is 1. The van der Waals surface area contributed by atoms with Gasteiger partial charge in [-0.25, -0.2) is 13.1 Å². The van der Waals surface area contributed by atoms with Crippen molar-refractivity contribution in [2.45, 2.75) is 11.8 Å². The number of rotatable bonds is 7. The van der Waals surface area contributed by atoms with Crippen molar-refractivity contribution < 1.29 is 17.9 Å². The average Bonchev–Trinajstić information content (AvgIpc) is 3.22. The van der Waals surface area contributed by atoms with E-state index < -0.39 is 10.0 Å². The fourth-order valence-electron chi connectivity index (χ4n) is 3.14. The molecule has 1 fully saturated rings. The van der Waals surface area contributed by atoms with Gasteiger partial charge in [0.25, 0.3) is 5.91 Å². The second kappa shape index (κ2) is 9.04. The molecule has 9 heteroatoms. The Balaban J connectivity index is 1.49. The predicted molar refractivity (Wildman–Crippen MR) is 110 cm³/mol. The first-order chi connectivity index (χ1) is 13.4. The van der Waals surface area contributed by atoms with Gasteiger partial charge in [0.05, 0.1) is 12.0 Å². The summed E-state index contributed by atoms with van der Waals surface area (Å²) in [6.45, 7) is 5.49. The zero-order chi connectivity index (χ0) is 20.1. The molecule has 0 spiro atoms. The zero-order valence-corrected chi connectivity index (χ0v) is 17.7. The Bertz CT molecular complexity index is 905. The second-order valence-electron chi connectivity index (χ2n) is 6.66. The fourth-order valence-corrected chi connectivity index (χ4v) is 5.10. The number of sulfonamides is 1. The number of carbonyl (C=O) groups excluding carboxylic acids is 1. The van der Waals surface area contributed by atoms with Gasteiger partial charge in [0.2, 0.25) is 10.0 Å². The van der Waals surface area contributed by atoms with Gasteiger partial charge < -0.3 is 9.64 Å². The Kier molecular flexibility index (Phi) is 6.71. The van der Waals surface area contributed by atoms with Crippen LogP contribution in [0.25, 0.3) is 0 Å². The first kappa shape index (κ1) is 20.8. The maximum atomic E-state index is 12.6. The standard InChI is InChI=1S/C19H25N3O4S2/c1-15-5-6-16(26-2)18(14-15)28(24,25)20-7-8-21-9-11-22(12-10-21)19(23)17-4-3-13-27-17/h3-6,13-14,20H,7-12H2,1-2H3. The minimum atomic E-state index is -3.64. The number of nitrogens with one attached hydrogen (secondary N) is 1. The molecule has 152 valence electrons. The lowest BCUT2D eigenvalue weighted by Crippen LogP contribution is -2.50. The van der Waals surface area contributed by atoms with E-state index in [2.05, 4.69) is 9.62 Å². The summed E-state index contributed by atoms with van der Waals surface area (Å²) in [6, 6.07) is 8.80. The Morgan fingerprint density at radius 1 is 1.21 bits per heavy atom. The number of hydrogen-bond donors (Lipinski definition) is 1. The number of carbonyl (C=O) groups is 1. The maximum absolute atomic E-state index is 12.6. The van der Waals surface area contributed by atoms with Crippen molar-refractivity contribution in [1.82, 2.24) is 14.5 Å². The molecule has 0 atom stereocenters. The van der Waals surface area contributed by atoms with Gasteiger partial charge in [-0.15, -0.1) is 11.3 Å². The molecule has 1 N–H and O–H groups in total. The molecule has 0 radical (unpaired) electrons. The van der Waals surface area contributed by atoms with E-state index >= 15 is 0 Å². The van der Waals surface area contributed by atoms with Crippen LogP contribution in [-0.2, 0) is 10.0 Å². The van der Waals surface area contributed by atoms with Crippen LogP contribution >= 0.6 is 11.3 Å². The van der Waals surface area contributed by atoms with Crippen LogP contribution in [0, 0.1) is 6.92 Å². The summed E-state index contributed by atoms with van der Waals surface area (Å²) < 4.78 is 33.1. The summed E-state index contributed by atoms with van der Waals surface area (Å²) in [5.74, 6) is 0.403. The quantitative estimate of drug-likeness (QED) is 0.735. The molecule has 1 saturated heterocycles. The van der Waals surface area contributed by atoms with Crippen LogP contribution in [0.1, 0.15) is 15.2 Å². The van der Waals surface area contributed by atoms with Crippen molar-refractivity contribution in [3.63, 3.8) is 0 Å². The number of thiophene rings is 1. The van der Waals surface area contributed by atoms with E-state index in [9.17, 15) is 13.2 Å². The van der Waals surface area contributed by atoms with Crippen molar-refractivity contribution in [1.29, 1.82) is 0 Å². The van der Waals surface area contributed by atoms with Crippen LogP contribution in [0.4, 0.5) is 0 Å². The Morgan fingerprint density at radius 2 is 1.96 bits per heavy atom. The molecule has 1 aliphatic heterocycles. The second-order valence-corrected chi connectivity index (χ2v) is 9.35. The largest absolute Gasteiger partial charge is 0.495 e. The summed E-state index contributed by atoms with van der Waals surface area (Å²) in [4.78, 5) is 17.3. The smallest absolute Gasteiger partial charge is 0.264 e. The van der Waals surface area contributed by atoms with Gasteiger partial charge in [0, 0.05) is 39.3 Å². The number of benzene rings is 1. The molecular formula is C19H25N3O4S2. The van der Waals surface area contributed by atoms with Crippen molar-refractivity contribution in [2.24, 2.45) is 0 Å². The van der Waals surface area contributed by atoms with Gasteiger partial charge >= 0.3 is 0 Å². The van der Waals surface area contributed by atoms with Crippen LogP contribution in [0.15, 0.2) is 40.6 Å². The summed E-state index contributed by atoms with van der Waals surface area (Å²) >= 11 is 1.45. The molecule has 0 aliphatic carbocycles. The minimum Gasteiger partial charge on any atom is -0.495 e. The first-order valence-corrected chi connectivity index (χ1v) is 11.5. The highest BCUT2D eigenvalue weighted by Crippen LogP contribution is 2.24. The highest BCUT2D eigenvalue weighted by molar-refractivity contribution is 7.89. The normalized spacial score (nSPS) is 15.6. The monoisotopic (exact) mass is 423 g/mol. The Morgan fingerprint density at radius 3 is 2.61 bits per heavy atom. The van der Waals surface area contributed by atoms with E-state index in [1.165, 1.54) is 18.4 Å².